The number of aromatic carboxylic acids is 1. The van der Waals surface area contributed by atoms with Crippen LogP contribution in [0.15, 0.2) is 18.2 Å². The molecule has 0 heterocycles. The van der Waals surface area contributed by atoms with Gasteiger partial charge in [0.15, 0.2) is 0 Å². The fourth-order valence-corrected chi connectivity index (χ4v) is 1.48. The summed E-state index contributed by atoms with van der Waals surface area (Å²) in [5, 5.41) is 19.9. The third-order valence-corrected chi connectivity index (χ3v) is 2.48. The standard InChI is InChI=1S/C13H16N2O6/c14-7-11(16)15-9-4-3-8(13(19)20)6-10(9)21-5-1-2-12(17)18/h3-4,6H,1-2,5,7,14H2,(H,15,16)(H,17,18)(H,19,20). The van der Waals surface area contributed by atoms with Crippen LogP contribution in [0.3, 0.4) is 0 Å². The summed E-state index contributed by atoms with van der Waals surface area (Å²) < 4.78 is 5.34. The molecule has 0 saturated heterocycles. The fraction of sp³-hybridized carbons (Fsp3) is 0.308. The fourth-order valence-electron chi connectivity index (χ4n) is 1.48. The summed E-state index contributed by atoms with van der Waals surface area (Å²) in [7, 11) is 0. The molecule has 0 fully saturated rings. The van der Waals surface area contributed by atoms with Gasteiger partial charge in [0, 0.05) is 6.42 Å². The molecule has 21 heavy (non-hydrogen) atoms. The van der Waals surface area contributed by atoms with E-state index in [1.165, 1.54) is 18.2 Å². The van der Waals surface area contributed by atoms with Gasteiger partial charge in [-0.1, -0.05) is 0 Å². The maximum absolute atomic E-state index is 11.3. The van der Waals surface area contributed by atoms with Crippen molar-refractivity contribution < 1.29 is 29.3 Å². The first kappa shape index (κ1) is 16.4. The molecule has 0 aliphatic rings. The summed E-state index contributed by atoms with van der Waals surface area (Å²) in [4.78, 5) is 32.6. The Bertz CT molecular complexity index is 543. The van der Waals surface area contributed by atoms with Gasteiger partial charge in [-0.3, -0.25) is 9.59 Å². The Labute approximate surface area is 120 Å². The molecule has 0 aliphatic carbocycles. The average Bonchev–Trinajstić information content (AvgIpc) is 2.44. The van der Waals surface area contributed by atoms with Crippen LogP contribution in [0.25, 0.3) is 0 Å². The summed E-state index contributed by atoms with van der Waals surface area (Å²) in [5.41, 5.74) is 5.47. The molecule has 0 spiro atoms. The van der Waals surface area contributed by atoms with E-state index >= 15 is 0 Å². The number of carboxylic acids is 2. The molecule has 5 N–H and O–H groups in total. The molecule has 1 aromatic rings. The van der Waals surface area contributed by atoms with Crippen LogP contribution in [0.1, 0.15) is 23.2 Å². The van der Waals surface area contributed by atoms with E-state index < -0.39 is 17.8 Å². The number of carboxylic acid groups (broad SMARTS) is 2. The zero-order chi connectivity index (χ0) is 15.8. The van der Waals surface area contributed by atoms with Gasteiger partial charge in [0.05, 0.1) is 24.4 Å². The third-order valence-electron chi connectivity index (χ3n) is 2.48. The number of ether oxygens (including phenoxy) is 1. The number of rotatable bonds is 8. The number of hydrogen-bond donors (Lipinski definition) is 4. The van der Waals surface area contributed by atoms with Crippen LogP contribution in [-0.2, 0) is 9.59 Å². The van der Waals surface area contributed by atoms with Gasteiger partial charge in [0.1, 0.15) is 5.75 Å². The molecule has 0 bridgehead atoms. The normalized spacial score (nSPS) is 9.95. The SMILES string of the molecule is NCC(=O)Nc1ccc(C(=O)O)cc1OCCCC(=O)O. The minimum Gasteiger partial charge on any atom is -0.491 e. The molecular formula is C13H16N2O6. The zero-order valence-corrected chi connectivity index (χ0v) is 11.2. The van der Waals surface area contributed by atoms with Crippen molar-refractivity contribution in [2.24, 2.45) is 5.73 Å². The molecule has 0 radical (unpaired) electrons. The van der Waals surface area contributed by atoms with E-state index in [2.05, 4.69) is 5.32 Å². The Kier molecular flexibility index (Phi) is 6.15. The molecule has 0 atom stereocenters. The second-order valence-electron chi connectivity index (χ2n) is 4.11. The topological polar surface area (TPSA) is 139 Å². The van der Waals surface area contributed by atoms with Crippen molar-refractivity contribution in [3.05, 3.63) is 23.8 Å². The van der Waals surface area contributed by atoms with Gasteiger partial charge in [0.25, 0.3) is 0 Å². The number of nitrogens with one attached hydrogen (secondary N) is 1. The van der Waals surface area contributed by atoms with Gasteiger partial charge < -0.3 is 26.0 Å². The highest BCUT2D eigenvalue weighted by Crippen LogP contribution is 2.26. The number of hydrogen-bond acceptors (Lipinski definition) is 5. The van der Waals surface area contributed by atoms with Crippen LogP contribution in [0.4, 0.5) is 5.69 Å². The maximum atomic E-state index is 11.3. The number of carbonyl (C=O) groups is 3. The van der Waals surface area contributed by atoms with E-state index in [0.29, 0.717) is 0 Å². The van der Waals surface area contributed by atoms with Gasteiger partial charge in [-0.15, -0.1) is 0 Å². The van der Waals surface area contributed by atoms with Gasteiger partial charge in [-0.25, -0.2) is 4.79 Å². The summed E-state index contributed by atoms with van der Waals surface area (Å²) in [5.74, 6) is -2.38. The molecule has 1 rings (SSSR count). The number of benzene rings is 1. The predicted molar refractivity (Wildman–Crippen MR) is 73.5 cm³/mol. The van der Waals surface area contributed by atoms with Crippen LogP contribution in [0.2, 0.25) is 0 Å². The maximum Gasteiger partial charge on any atom is 0.335 e. The van der Waals surface area contributed by atoms with Crippen LogP contribution >= 0.6 is 0 Å². The molecule has 1 aromatic carbocycles. The first-order chi connectivity index (χ1) is 9.93. The van der Waals surface area contributed by atoms with Crippen molar-refractivity contribution in [2.75, 3.05) is 18.5 Å². The van der Waals surface area contributed by atoms with Crippen molar-refractivity contribution in [3.8, 4) is 5.75 Å². The van der Waals surface area contributed by atoms with Crippen LogP contribution in [0.5, 0.6) is 5.75 Å². The van der Waals surface area contributed by atoms with Gasteiger partial charge in [0.2, 0.25) is 5.91 Å². The second kappa shape index (κ2) is 7.85. The van der Waals surface area contributed by atoms with Crippen LogP contribution in [-0.4, -0.2) is 41.2 Å². The largest absolute Gasteiger partial charge is 0.491 e. The lowest BCUT2D eigenvalue weighted by molar-refractivity contribution is -0.137. The molecule has 114 valence electrons. The number of carbonyl (C=O) groups excluding carboxylic acids is 1. The number of anilines is 1. The van der Waals surface area contributed by atoms with E-state index in [-0.39, 0.29) is 43.0 Å². The quantitative estimate of drug-likeness (QED) is 0.513. The predicted octanol–water partition coefficient (Wildman–Crippen LogP) is 0.526. The van der Waals surface area contributed by atoms with E-state index in [1.54, 1.807) is 0 Å². The Hall–Kier alpha value is -2.61. The molecule has 8 nitrogen and oxygen atoms in total. The highest BCUT2D eigenvalue weighted by molar-refractivity contribution is 5.95. The highest BCUT2D eigenvalue weighted by Gasteiger charge is 2.11. The van der Waals surface area contributed by atoms with Crippen molar-refractivity contribution in [1.82, 2.24) is 0 Å². The number of nitrogens with two attached hydrogens (primary N) is 1. The zero-order valence-electron chi connectivity index (χ0n) is 11.2. The van der Waals surface area contributed by atoms with Crippen LogP contribution < -0.4 is 15.8 Å². The summed E-state index contributed by atoms with van der Waals surface area (Å²) in [6, 6.07) is 3.97. The van der Waals surface area contributed by atoms with Crippen molar-refractivity contribution in [3.63, 3.8) is 0 Å². The molecule has 0 unspecified atom stereocenters. The Morgan fingerprint density at radius 1 is 1.24 bits per heavy atom. The minimum absolute atomic E-state index is 0.00557. The Balaban J connectivity index is 2.83. The van der Waals surface area contributed by atoms with Gasteiger partial charge >= 0.3 is 11.9 Å². The first-order valence-corrected chi connectivity index (χ1v) is 6.16. The number of aliphatic carboxylic acids is 1. The Morgan fingerprint density at radius 2 is 1.95 bits per heavy atom. The third kappa shape index (κ3) is 5.49. The van der Waals surface area contributed by atoms with Gasteiger partial charge in [-0.2, -0.15) is 0 Å². The number of amides is 1. The van der Waals surface area contributed by atoms with E-state index in [1.807, 2.05) is 0 Å². The molecule has 0 aromatic heterocycles. The lowest BCUT2D eigenvalue weighted by Gasteiger charge is -2.12. The first-order valence-electron chi connectivity index (χ1n) is 6.16. The van der Waals surface area contributed by atoms with Gasteiger partial charge in [-0.05, 0) is 24.6 Å². The van der Waals surface area contributed by atoms with Crippen molar-refractivity contribution >= 4 is 23.5 Å². The average molecular weight is 296 g/mol. The van der Waals surface area contributed by atoms with Crippen LogP contribution in [0, 0.1) is 0 Å². The van der Waals surface area contributed by atoms with E-state index in [0.717, 1.165) is 0 Å². The molecule has 1 amide bonds. The minimum atomic E-state index is -1.14. The van der Waals surface area contributed by atoms with Crippen molar-refractivity contribution in [2.45, 2.75) is 12.8 Å². The smallest absolute Gasteiger partial charge is 0.335 e. The molecule has 8 heteroatoms. The second-order valence-corrected chi connectivity index (χ2v) is 4.11. The molecule has 0 aliphatic heterocycles. The lowest BCUT2D eigenvalue weighted by atomic mass is 10.2. The monoisotopic (exact) mass is 296 g/mol. The summed E-state index contributed by atoms with van der Waals surface area (Å²) in [6.07, 6.45) is 0.194. The lowest BCUT2D eigenvalue weighted by Crippen LogP contribution is -2.22. The Morgan fingerprint density at radius 3 is 2.52 bits per heavy atom. The highest BCUT2D eigenvalue weighted by atomic mass is 16.5. The molecular weight excluding hydrogens is 280 g/mol. The van der Waals surface area contributed by atoms with E-state index in [9.17, 15) is 14.4 Å². The van der Waals surface area contributed by atoms with E-state index in [4.69, 9.17) is 20.7 Å². The summed E-state index contributed by atoms with van der Waals surface area (Å²) in [6.45, 7) is -0.139. The van der Waals surface area contributed by atoms with Crippen molar-refractivity contribution in [1.29, 1.82) is 0 Å². The molecule has 0 saturated carbocycles. The summed E-state index contributed by atoms with van der Waals surface area (Å²) >= 11 is 0.